The van der Waals surface area contributed by atoms with Crippen molar-refractivity contribution < 1.29 is 28.2 Å². The van der Waals surface area contributed by atoms with Gasteiger partial charge in [-0.2, -0.15) is 0 Å². The van der Waals surface area contributed by atoms with Crippen LogP contribution in [0.25, 0.3) is 0 Å². The standard InChI is InChI=1S/C23H27FN2O5/c1-5-31-23(28)26-14(2)10-18(17-11-20(29-3)21(30-4)12-19(17)26)22(27)25-13-15-6-8-16(24)9-7-15/h6-9,11-12,14,18H,5,10,13H2,1-4H3,(H,25,27). The van der Waals surface area contributed by atoms with E-state index in [4.69, 9.17) is 14.2 Å². The lowest BCUT2D eigenvalue weighted by Gasteiger charge is -2.38. The van der Waals surface area contributed by atoms with E-state index in [0.717, 1.165) is 5.56 Å². The van der Waals surface area contributed by atoms with Crippen LogP contribution >= 0.6 is 0 Å². The number of nitrogens with one attached hydrogen (secondary N) is 1. The summed E-state index contributed by atoms with van der Waals surface area (Å²) >= 11 is 0. The summed E-state index contributed by atoms with van der Waals surface area (Å²) in [7, 11) is 3.03. The minimum atomic E-state index is -0.504. The minimum Gasteiger partial charge on any atom is -0.493 e. The number of fused-ring (bicyclic) bond motifs is 1. The molecule has 0 aliphatic carbocycles. The van der Waals surface area contributed by atoms with Gasteiger partial charge in [-0.3, -0.25) is 9.69 Å². The first-order chi connectivity index (χ1) is 14.9. The van der Waals surface area contributed by atoms with Crippen molar-refractivity contribution in [2.24, 2.45) is 0 Å². The first-order valence-corrected chi connectivity index (χ1v) is 10.1. The molecule has 8 heteroatoms. The van der Waals surface area contributed by atoms with Gasteiger partial charge in [0.15, 0.2) is 11.5 Å². The molecule has 0 spiro atoms. The summed E-state index contributed by atoms with van der Waals surface area (Å²) < 4.78 is 29.2. The van der Waals surface area contributed by atoms with E-state index in [2.05, 4.69) is 5.32 Å². The van der Waals surface area contributed by atoms with Crippen molar-refractivity contribution in [2.75, 3.05) is 25.7 Å². The molecule has 166 valence electrons. The lowest BCUT2D eigenvalue weighted by atomic mass is 9.85. The number of anilines is 1. The molecule has 0 saturated heterocycles. The first kappa shape index (κ1) is 22.4. The highest BCUT2D eigenvalue weighted by atomic mass is 19.1. The van der Waals surface area contributed by atoms with Crippen molar-refractivity contribution in [1.82, 2.24) is 5.32 Å². The molecule has 0 fully saturated rings. The molecule has 3 rings (SSSR count). The van der Waals surface area contributed by atoms with Crippen LogP contribution in [0.5, 0.6) is 11.5 Å². The number of hydrogen-bond acceptors (Lipinski definition) is 5. The van der Waals surface area contributed by atoms with Crippen LogP contribution in [0.15, 0.2) is 36.4 Å². The Kier molecular flexibility index (Phi) is 6.99. The Labute approximate surface area is 181 Å². The highest BCUT2D eigenvalue weighted by Gasteiger charge is 2.38. The minimum absolute atomic E-state index is 0.187. The van der Waals surface area contributed by atoms with Crippen molar-refractivity contribution >= 4 is 17.7 Å². The van der Waals surface area contributed by atoms with Crippen LogP contribution in [0.2, 0.25) is 0 Å². The molecule has 2 amide bonds. The third-order valence-corrected chi connectivity index (χ3v) is 5.35. The van der Waals surface area contributed by atoms with E-state index in [1.54, 1.807) is 36.1 Å². The molecule has 0 bridgehead atoms. The third kappa shape index (κ3) is 4.73. The van der Waals surface area contributed by atoms with Gasteiger partial charge in [-0.05, 0) is 49.6 Å². The Morgan fingerprint density at radius 2 is 1.77 bits per heavy atom. The molecular weight excluding hydrogens is 403 g/mol. The van der Waals surface area contributed by atoms with Gasteiger partial charge < -0.3 is 19.5 Å². The van der Waals surface area contributed by atoms with E-state index in [9.17, 15) is 14.0 Å². The zero-order valence-corrected chi connectivity index (χ0v) is 18.1. The monoisotopic (exact) mass is 430 g/mol. The molecule has 2 atom stereocenters. The maximum Gasteiger partial charge on any atom is 0.414 e. The van der Waals surface area contributed by atoms with Crippen LogP contribution in [0.3, 0.4) is 0 Å². The zero-order chi connectivity index (χ0) is 22.5. The van der Waals surface area contributed by atoms with E-state index < -0.39 is 12.0 Å². The molecular formula is C23H27FN2O5. The van der Waals surface area contributed by atoms with Gasteiger partial charge in [0.05, 0.1) is 32.4 Å². The number of carbonyl (C=O) groups excluding carboxylic acids is 2. The van der Waals surface area contributed by atoms with Crippen molar-refractivity contribution in [2.45, 2.75) is 38.8 Å². The summed E-state index contributed by atoms with van der Waals surface area (Å²) in [6.45, 7) is 4.13. The maximum atomic E-state index is 13.1. The largest absolute Gasteiger partial charge is 0.493 e. The Bertz CT molecular complexity index is 948. The molecule has 1 aliphatic heterocycles. The number of ether oxygens (including phenoxy) is 3. The summed E-state index contributed by atoms with van der Waals surface area (Å²) in [5.74, 6) is -0.0969. The lowest BCUT2D eigenvalue weighted by Crippen LogP contribution is -2.46. The topological polar surface area (TPSA) is 77.1 Å². The predicted octanol–water partition coefficient (Wildman–Crippen LogP) is 4.00. The van der Waals surface area contributed by atoms with Gasteiger partial charge in [-0.1, -0.05) is 12.1 Å². The predicted molar refractivity (Wildman–Crippen MR) is 114 cm³/mol. The Morgan fingerprint density at radius 3 is 2.39 bits per heavy atom. The number of nitrogens with zero attached hydrogens (tertiary/aromatic N) is 1. The molecule has 2 aromatic carbocycles. The molecule has 1 aliphatic rings. The van der Waals surface area contributed by atoms with Gasteiger partial charge in [-0.15, -0.1) is 0 Å². The van der Waals surface area contributed by atoms with Gasteiger partial charge in [0, 0.05) is 18.7 Å². The summed E-state index contributed by atoms with van der Waals surface area (Å²) in [6, 6.07) is 9.12. The second-order valence-corrected chi connectivity index (χ2v) is 7.32. The van der Waals surface area contributed by atoms with Crippen LogP contribution in [0.1, 0.15) is 37.3 Å². The number of carbonyl (C=O) groups is 2. The smallest absolute Gasteiger partial charge is 0.414 e. The lowest BCUT2D eigenvalue weighted by molar-refractivity contribution is -0.123. The average molecular weight is 430 g/mol. The van der Waals surface area contributed by atoms with Crippen LogP contribution in [0, 0.1) is 5.82 Å². The SMILES string of the molecule is CCOC(=O)N1c2cc(OC)c(OC)cc2C(C(=O)NCc2ccc(F)cc2)CC1C. The number of amides is 2. The second-order valence-electron chi connectivity index (χ2n) is 7.32. The van der Waals surface area contributed by atoms with Crippen LogP contribution < -0.4 is 19.7 Å². The van der Waals surface area contributed by atoms with E-state index in [-0.39, 0.29) is 30.9 Å². The van der Waals surface area contributed by atoms with Gasteiger partial charge >= 0.3 is 6.09 Å². The molecule has 0 aromatic heterocycles. The molecule has 1 N–H and O–H groups in total. The Hall–Kier alpha value is -3.29. The Balaban J connectivity index is 1.94. The molecule has 7 nitrogen and oxygen atoms in total. The van der Waals surface area contributed by atoms with Gasteiger partial charge in [0.25, 0.3) is 0 Å². The molecule has 0 radical (unpaired) electrons. The summed E-state index contributed by atoms with van der Waals surface area (Å²) in [5.41, 5.74) is 2.00. The molecule has 1 heterocycles. The van der Waals surface area contributed by atoms with Crippen molar-refractivity contribution in [1.29, 1.82) is 0 Å². The van der Waals surface area contributed by atoms with Gasteiger partial charge in [0.2, 0.25) is 5.91 Å². The molecule has 0 saturated carbocycles. The zero-order valence-electron chi connectivity index (χ0n) is 18.1. The Morgan fingerprint density at radius 1 is 1.13 bits per heavy atom. The molecule has 31 heavy (non-hydrogen) atoms. The summed E-state index contributed by atoms with van der Waals surface area (Å²) in [6.07, 6.45) is -0.0649. The van der Waals surface area contributed by atoms with Crippen LogP contribution in [-0.4, -0.2) is 38.9 Å². The van der Waals surface area contributed by atoms with E-state index in [1.165, 1.54) is 26.4 Å². The fourth-order valence-electron chi connectivity index (χ4n) is 3.82. The van der Waals surface area contributed by atoms with Crippen LogP contribution in [-0.2, 0) is 16.1 Å². The van der Waals surface area contributed by atoms with Crippen molar-refractivity contribution in [3.05, 3.63) is 53.3 Å². The highest BCUT2D eigenvalue weighted by molar-refractivity contribution is 5.95. The number of rotatable bonds is 6. The van der Waals surface area contributed by atoms with Crippen molar-refractivity contribution in [3.8, 4) is 11.5 Å². The van der Waals surface area contributed by atoms with E-state index in [0.29, 0.717) is 29.2 Å². The van der Waals surface area contributed by atoms with E-state index in [1.807, 2.05) is 6.92 Å². The second kappa shape index (κ2) is 9.68. The molecule has 2 unspecified atom stereocenters. The number of halogens is 1. The van der Waals surface area contributed by atoms with Gasteiger partial charge in [0.1, 0.15) is 5.82 Å². The third-order valence-electron chi connectivity index (χ3n) is 5.35. The highest BCUT2D eigenvalue weighted by Crippen LogP contribution is 2.44. The number of benzene rings is 2. The van der Waals surface area contributed by atoms with Crippen LogP contribution in [0.4, 0.5) is 14.9 Å². The maximum absolute atomic E-state index is 13.1. The normalized spacial score (nSPS) is 17.5. The quantitative estimate of drug-likeness (QED) is 0.750. The average Bonchev–Trinajstić information content (AvgIpc) is 2.77. The van der Waals surface area contributed by atoms with Crippen molar-refractivity contribution in [3.63, 3.8) is 0 Å². The van der Waals surface area contributed by atoms with Gasteiger partial charge in [-0.25, -0.2) is 9.18 Å². The van der Waals surface area contributed by atoms with E-state index >= 15 is 0 Å². The number of hydrogen-bond donors (Lipinski definition) is 1. The molecule has 2 aromatic rings. The fraction of sp³-hybridized carbons (Fsp3) is 0.391. The first-order valence-electron chi connectivity index (χ1n) is 10.1. The summed E-state index contributed by atoms with van der Waals surface area (Å²) in [4.78, 5) is 27.3. The number of methoxy groups -OCH3 is 2. The fourth-order valence-corrected chi connectivity index (χ4v) is 3.82. The summed E-state index contributed by atoms with van der Waals surface area (Å²) in [5, 5.41) is 2.92.